The Morgan fingerprint density at radius 2 is 2.19 bits per heavy atom. The van der Waals surface area contributed by atoms with Crippen LogP contribution in [0.3, 0.4) is 0 Å². The summed E-state index contributed by atoms with van der Waals surface area (Å²) < 4.78 is 0. The molecule has 0 unspecified atom stereocenters. The monoisotopic (exact) mass is 303 g/mol. The van der Waals surface area contributed by atoms with Crippen molar-refractivity contribution in [3.8, 4) is 0 Å². The van der Waals surface area contributed by atoms with Gasteiger partial charge in [-0.3, -0.25) is 14.6 Å². The number of carbonyl (C=O) groups is 2. The maximum Gasteiger partial charge on any atom is 0.240 e. The second-order valence-corrected chi connectivity index (χ2v) is 5.69. The van der Waals surface area contributed by atoms with E-state index >= 15 is 0 Å². The van der Waals surface area contributed by atoms with E-state index in [9.17, 15) is 9.59 Å². The van der Waals surface area contributed by atoms with Gasteiger partial charge >= 0.3 is 0 Å². The molecule has 0 spiro atoms. The maximum atomic E-state index is 11.9. The lowest BCUT2D eigenvalue weighted by atomic mass is 10.2. The van der Waals surface area contributed by atoms with Crippen LogP contribution in [0.15, 0.2) is 48.0 Å². The lowest BCUT2D eigenvalue weighted by Gasteiger charge is -2.07. The molecule has 1 aromatic carbocycles. The molecule has 0 aromatic heterocycles. The smallest absolute Gasteiger partial charge is 0.240 e. The molecule has 1 aliphatic rings. The number of hydrogen-bond acceptors (Lipinski definition) is 4. The Bertz CT molecular complexity index is 557. The van der Waals surface area contributed by atoms with Gasteiger partial charge in [-0.1, -0.05) is 48.2 Å². The first-order valence-corrected chi connectivity index (χ1v) is 7.50. The Morgan fingerprint density at radius 3 is 2.90 bits per heavy atom. The summed E-state index contributed by atoms with van der Waals surface area (Å²) >= 11 is 1.29. The molecule has 6 heteroatoms. The molecule has 1 aliphatic heterocycles. The van der Waals surface area contributed by atoms with Gasteiger partial charge in [0, 0.05) is 13.0 Å². The van der Waals surface area contributed by atoms with E-state index in [2.05, 4.69) is 22.2 Å². The Morgan fingerprint density at radius 1 is 1.43 bits per heavy atom. The van der Waals surface area contributed by atoms with Crippen LogP contribution in [-0.2, 0) is 16.1 Å². The molecule has 2 N–H and O–H groups in total. The van der Waals surface area contributed by atoms with E-state index in [1.165, 1.54) is 11.8 Å². The van der Waals surface area contributed by atoms with Gasteiger partial charge in [-0.15, -0.1) is 6.58 Å². The van der Waals surface area contributed by atoms with Crippen molar-refractivity contribution in [1.82, 2.24) is 10.6 Å². The van der Waals surface area contributed by atoms with Crippen LogP contribution in [0.1, 0.15) is 12.0 Å². The Hall–Kier alpha value is -2.08. The summed E-state index contributed by atoms with van der Waals surface area (Å²) in [4.78, 5) is 27.8. The number of aliphatic imine (C=N–C) groups is 1. The summed E-state index contributed by atoms with van der Waals surface area (Å²) in [7, 11) is 0. The molecule has 5 nitrogen and oxygen atoms in total. The fraction of sp³-hybridized carbons (Fsp3) is 0.267. The first-order valence-electron chi connectivity index (χ1n) is 6.62. The van der Waals surface area contributed by atoms with Gasteiger partial charge in [0.1, 0.15) is 5.25 Å². The molecule has 0 aliphatic carbocycles. The van der Waals surface area contributed by atoms with Gasteiger partial charge in [0.05, 0.1) is 6.54 Å². The van der Waals surface area contributed by atoms with E-state index in [-0.39, 0.29) is 18.2 Å². The van der Waals surface area contributed by atoms with Gasteiger partial charge in [0.25, 0.3) is 0 Å². The zero-order chi connectivity index (χ0) is 15.1. The third kappa shape index (κ3) is 4.75. The minimum atomic E-state index is -0.413. The molecule has 1 saturated heterocycles. The summed E-state index contributed by atoms with van der Waals surface area (Å²) in [6.45, 7) is 4.49. The predicted octanol–water partition coefficient (Wildman–Crippen LogP) is 1.47. The van der Waals surface area contributed by atoms with Crippen LogP contribution in [0.4, 0.5) is 0 Å². The van der Waals surface area contributed by atoms with E-state index in [1.807, 2.05) is 30.3 Å². The van der Waals surface area contributed by atoms with Crippen LogP contribution in [0.2, 0.25) is 0 Å². The number of carbonyl (C=O) groups excluding carboxylic acids is 2. The first kappa shape index (κ1) is 15.3. The lowest BCUT2D eigenvalue weighted by Crippen LogP contribution is -2.31. The first-order chi connectivity index (χ1) is 10.2. The number of rotatable bonds is 6. The average molecular weight is 303 g/mol. The topological polar surface area (TPSA) is 70.6 Å². The van der Waals surface area contributed by atoms with Crippen LogP contribution in [0, 0.1) is 0 Å². The highest BCUT2D eigenvalue weighted by atomic mass is 32.2. The molecule has 0 saturated carbocycles. The second kappa shape index (κ2) is 7.64. The molecule has 21 heavy (non-hydrogen) atoms. The van der Waals surface area contributed by atoms with E-state index in [0.29, 0.717) is 18.3 Å². The number of amides is 2. The molecule has 2 rings (SSSR count). The van der Waals surface area contributed by atoms with E-state index in [4.69, 9.17) is 0 Å². The van der Waals surface area contributed by atoms with E-state index in [1.54, 1.807) is 6.08 Å². The lowest BCUT2D eigenvalue weighted by molar-refractivity contribution is -0.125. The number of thioether (sulfide) groups is 1. The van der Waals surface area contributed by atoms with Gasteiger partial charge in [-0.2, -0.15) is 0 Å². The highest BCUT2D eigenvalue weighted by Crippen LogP contribution is 2.22. The molecule has 1 heterocycles. The van der Waals surface area contributed by atoms with Crippen LogP contribution < -0.4 is 10.6 Å². The fourth-order valence-corrected chi connectivity index (χ4v) is 2.78. The molecule has 1 fully saturated rings. The average Bonchev–Trinajstić information content (AvgIpc) is 2.84. The summed E-state index contributed by atoms with van der Waals surface area (Å²) in [5, 5.41) is 5.62. The third-order valence-corrected chi connectivity index (χ3v) is 3.96. The normalized spacial score (nSPS) is 19.3. The minimum Gasteiger partial charge on any atom is -0.352 e. The molecule has 2 amide bonds. The summed E-state index contributed by atoms with van der Waals surface area (Å²) in [6, 6.07) is 9.65. The van der Waals surface area contributed by atoms with Gasteiger partial charge in [-0.05, 0) is 5.56 Å². The van der Waals surface area contributed by atoms with Crippen molar-refractivity contribution in [1.29, 1.82) is 0 Å². The Balaban J connectivity index is 1.80. The van der Waals surface area contributed by atoms with Crippen molar-refractivity contribution in [3.05, 3.63) is 48.6 Å². The SMILES string of the molecule is C=CCN=C1NC(=O)[C@H](CC(=O)NCc2ccccc2)S1. The number of hydrogen-bond donors (Lipinski definition) is 2. The van der Waals surface area contributed by atoms with Gasteiger partial charge in [0.2, 0.25) is 11.8 Å². The van der Waals surface area contributed by atoms with Crippen molar-refractivity contribution >= 4 is 28.7 Å². The third-order valence-electron chi connectivity index (χ3n) is 2.84. The quantitative estimate of drug-likeness (QED) is 0.782. The summed E-state index contributed by atoms with van der Waals surface area (Å²) in [5.74, 6) is -0.311. The fourth-order valence-electron chi connectivity index (χ4n) is 1.80. The van der Waals surface area contributed by atoms with Crippen molar-refractivity contribution in [3.63, 3.8) is 0 Å². The molecular weight excluding hydrogens is 286 g/mol. The number of amidine groups is 1. The van der Waals surface area contributed by atoms with E-state index in [0.717, 1.165) is 5.56 Å². The highest BCUT2D eigenvalue weighted by molar-refractivity contribution is 8.15. The van der Waals surface area contributed by atoms with E-state index < -0.39 is 5.25 Å². The second-order valence-electron chi connectivity index (χ2n) is 4.50. The molecule has 0 bridgehead atoms. The number of nitrogens with one attached hydrogen (secondary N) is 2. The molecule has 0 radical (unpaired) electrons. The molecular formula is C15H17N3O2S. The van der Waals surface area contributed by atoms with Gasteiger partial charge < -0.3 is 10.6 Å². The van der Waals surface area contributed by atoms with Crippen molar-refractivity contribution in [2.24, 2.45) is 4.99 Å². The predicted molar refractivity (Wildman–Crippen MR) is 84.9 cm³/mol. The molecule has 110 valence electrons. The van der Waals surface area contributed by atoms with Crippen molar-refractivity contribution in [2.75, 3.05) is 6.54 Å². The van der Waals surface area contributed by atoms with Gasteiger partial charge in [0.15, 0.2) is 5.17 Å². The highest BCUT2D eigenvalue weighted by Gasteiger charge is 2.31. The van der Waals surface area contributed by atoms with Crippen LogP contribution in [0.5, 0.6) is 0 Å². The van der Waals surface area contributed by atoms with Gasteiger partial charge in [-0.25, -0.2) is 0 Å². The number of nitrogens with zero attached hydrogens (tertiary/aromatic N) is 1. The zero-order valence-electron chi connectivity index (χ0n) is 11.5. The van der Waals surface area contributed by atoms with Crippen LogP contribution >= 0.6 is 11.8 Å². The summed E-state index contributed by atoms with van der Waals surface area (Å²) in [6.07, 6.45) is 1.80. The molecule has 1 atom stereocenters. The van der Waals surface area contributed by atoms with Crippen LogP contribution in [-0.4, -0.2) is 28.8 Å². The zero-order valence-corrected chi connectivity index (χ0v) is 12.4. The Kier molecular flexibility index (Phi) is 5.57. The molecule has 1 aromatic rings. The minimum absolute atomic E-state index is 0.142. The van der Waals surface area contributed by atoms with Crippen LogP contribution in [0.25, 0.3) is 0 Å². The summed E-state index contributed by atoms with van der Waals surface area (Å²) in [5.41, 5.74) is 1.03. The van der Waals surface area contributed by atoms with Crippen molar-refractivity contribution < 1.29 is 9.59 Å². The Labute approximate surface area is 127 Å². The van der Waals surface area contributed by atoms with Crippen molar-refractivity contribution in [2.45, 2.75) is 18.2 Å². The number of benzene rings is 1. The maximum absolute atomic E-state index is 11.9. The largest absolute Gasteiger partial charge is 0.352 e. The standard InChI is InChI=1S/C15H17N3O2S/c1-2-8-16-15-18-14(20)12(21-15)9-13(19)17-10-11-6-4-3-5-7-11/h2-7,12H,1,8-10H2,(H,17,19)(H,16,18,20)/t12-/m0/s1.